The van der Waals surface area contributed by atoms with Crippen LogP contribution >= 0.6 is 0 Å². The first kappa shape index (κ1) is 24.5. The molecule has 0 radical (unpaired) electrons. The number of phenolic OH excluding ortho intramolecular Hbond substituents is 1. The zero-order chi connectivity index (χ0) is 24.6. The van der Waals surface area contributed by atoms with Gasteiger partial charge in [0.1, 0.15) is 5.75 Å². The van der Waals surface area contributed by atoms with E-state index in [2.05, 4.69) is 6.08 Å². The first-order valence-corrected chi connectivity index (χ1v) is 13.4. The Hall–Kier alpha value is -2.64. The molecule has 0 aromatic heterocycles. The molecule has 7 heteroatoms. The van der Waals surface area contributed by atoms with Gasteiger partial charge in [0, 0.05) is 32.1 Å². The summed E-state index contributed by atoms with van der Waals surface area (Å²) < 4.78 is 28.6. The molecule has 2 heterocycles. The zero-order valence-electron chi connectivity index (χ0n) is 20.5. The number of rotatable bonds is 4. The van der Waals surface area contributed by atoms with Crippen LogP contribution in [0.4, 0.5) is 0 Å². The van der Waals surface area contributed by atoms with Crippen LogP contribution in [0.3, 0.4) is 0 Å². The standard InChI is InChI=1S/C27H34N2O4S/c1-18-17-19(2)21(4)26(20(18)3)34(32,33)29-15-11-24(12-16-29)27(31)28-13-9-23(10-14-28)22-5-7-25(30)8-6-22/h5-9,17,24,30H,10-16H2,1-4H3. The van der Waals surface area contributed by atoms with Gasteiger partial charge >= 0.3 is 0 Å². The highest BCUT2D eigenvalue weighted by Gasteiger charge is 2.35. The van der Waals surface area contributed by atoms with Crippen molar-refractivity contribution in [3.05, 3.63) is 64.2 Å². The number of carbonyl (C=O) groups excluding carboxylic acids is 1. The molecule has 0 spiro atoms. The maximum atomic E-state index is 13.5. The number of phenols is 1. The lowest BCUT2D eigenvalue weighted by atomic mass is 9.94. The number of carbonyl (C=O) groups is 1. The topological polar surface area (TPSA) is 77.9 Å². The van der Waals surface area contributed by atoms with Crippen molar-refractivity contribution in [1.29, 1.82) is 0 Å². The maximum Gasteiger partial charge on any atom is 0.243 e. The fourth-order valence-corrected chi connectivity index (χ4v) is 7.15. The summed E-state index contributed by atoms with van der Waals surface area (Å²) in [5, 5.41) is 9.49. The minimum Gasteiger partial charge on any atom is -0.508 e. The number of hydrogen-bond donors (Lipinski definition) is 1. The van der Waals surface area contributed by atoms with Crippen LogP contribution in [0.15, 0.2) is 41.3 Å². The molecule has 0 unspecified atom stereocenters. The summed E-state index contributed by atoms with van der Waals surface area (Å²) in [7, 11) is -3.60. The lowest BCUT2D eigenvalue weighted by Crippen LogP contribution is -2.45. The van der Waals surface area contributed by atoms with Crippen LogP contribution in [0.2, 0.25) is 0 Å². The summed E-state index contributed by atoms with van der Waals surface area (Å²) >= 11 is 0. The second kappa shape index (κ2) is 9.55. The van der Waals surface area contributed by atoms with Crippen LogP contribution in [0.1, 0.15) is 47.1 Å². The van der Waals surface area contributed by atoms with Crippen LogP contribution in [0, 0.1) is 33.6 Å². The van der Waals surface area contributed by atoms with Crippen molar-refractivity contribution in [2.24, 2.45) is 5.92 Å². The second-order valence-electron chi connectivity index (χ2n) is 9.58. The molecular weight excluding hydrogens is 448 g/mol. The fraction of sp³-hybridized carbons (Fsp3) is 0.444. The van der Waals surface area contributed by atoms with Crippen molar-refractivity contribution in [3.63, 3.8) is 0 Å². The van der Waals surface area contributed by atoms with Crippen molar-refractivity contribution in [3.8, 4) is 5.75 Å². The molecule has 2 aliphatic rings. The monoisotopic (exact) mass is 482 g/mol. The van der Waals surface area contributed by atoms with Gasteiger partial charge in [0.25, 0.3) is 0 Å². The Bertz CT molecular complexity index is 1200. The first-order valence-electron chi connectivity index (χ1n) is 11.9. The third-order valence-corrected chi connectivity index (χ3v) is 9.63. The molecule has 0 atom stereocenters. The molecule has 1 amide bonds. The number of hydrogen-bond acceptors (Lipinski definition) is 4. The molecule has 2 aromatic carbocycles. The predicted molar refractivity (Wildman–Crippen MR) is 134 cm³/mol. The fourth-order valence-electron chi connectivity index (χ4n) is 5.11. The number of benzene rings is 2. The molecule has 1 fully saturated rings. The summed E-state index contributed by atoms with van der Waals surface area (Å²) in [6, 6.07) is 9.18. The Balaban J connectivity index is 1.40. The van der Waals surface area contributed by atoms with E-state index in [1.54, 1.807) is 16.4 Å². The molecule has 34 heavy (non-hydrogen) atoms. The average Bonchev–Trinajstić information content (AvgIpc) is 2.83. The molecule has 0 aliphatic carbocycles. The van der Waals surface area contributed by atoms with E-state index in [0.717, 1.165) is 34.2 Å². The highest BCUT2D eigenvalue weighted by molar-refractivity contribution is 7.89. The Morgan fingerprint density at radius 2 is 1.53 bits per heavy atom. The van der Waals surface area contributed by atoms with E-state index >= 15 is 0 Å². The van der Waals surface area contributed by atoms with Crippen LogP contribution < -0.4 is 0 Å². The first-order chi connectivity index (χ1) is 16.1. The van der Waals surface area contributed by atoms with E-state index in [-0.39, 0.29) is 17.6 Å². The minimum absolute atomic E-state index is 0.122. The summed E-state index contributed by atoms with van der Waals surface area (Å²) in [6.45, 7) is 9.61. The maximum absolute atomic E-state index is 13.5. The third kappa shape index (κ3) is 4.64. The minimum atomic E-state index is -3.60. The van der Waals surface area contributed by atoms with Crippen molar-refractivity contribution < 1.29 is 18.3 Å². The number of aromatic hydroxyl groups is 1. The molecule has 2 aromatic rings. The normalized spacial score (nSPS) is 18.1. The van der Waals surface area contributed by atoms with E-state index in [4.69, 9.17) is 0 Å². The zero-order valence-corrected chi connectivity index (χ0v) is 21.3. The Morgan fingerprint density at radius 3 is 2.06 bits per heavy atom. The highest BCUT2D eigenvalue weighted by atomic mass is 32.2. The number of aryl methyl sites for hydroxylation is 2. The Kier molecular flexibility index (Phi) is 6.87. The van der Waals surface area contributed by atoms with Crippen LogP contribution in [-0.4, -0.2) is 54.8 Å². The van der Waals surface area contributed by atoms with Gasteiger partial charge < -0.3 is 10.0 Å². The SMILES string of the molecule is Cc1cc(C)c(C)c(S(=O)(=O)N2CCC(C(=O)N3CC=C(c4ccc(O)cc4)CC3)CC2)c1C. The van der Waals surface area contributed by atoms with Crippen molar-refractivity contribution in [1.82, 2.24) is 9.21 Å². The van der Waals surface area contributed by atoms with Gasteiger partial charge in [-0.15, -0.1) is 0 Å². The highest BCUT2D eigenvalue weighted by Crippen LogP contribution is 2.32. The summed E-state index contributed by atoms with van der Waals surface area (Å²) in [5.41, 5.74) is 5.84. The molecule has 2 aliphatic heterocycles. The van der Waals surface area contributed by atoms with Gasteiger partial charge in [0.15, 0.2) is 0 Å². The predicted octanol–water partition coefficient (Wildman–Crippen LogP) is 4.34. The quantitative estimate of drug-likeness (QED) is 0.703. The number of sulfonamides is 1. The van der Waals surface area contributed by atoms with Crippen LogP contribution in [0.5, 0.6) is 5.75 Å². The van der Waals surface area contributed by atoms with E-state index in [0.29, 0.717) is 43.9 Å². The van der Waals surface area contributed by atoms with Gasteiger partial charge in [0.05, 0.1) is 4.90 Å². The van der Waals surface area contributed by atoms with Crippen LogP contribution in [0.25, 0.3) is 5.57 Å². The molecule has 1 N–H and O–H groups in total. The van der Waals surface area contributed by atoms with Gasteiger partial charge in [-0.05, 0) is 92.5 Å². The molecule has 4 rings (SSSR count). The Morgan fingerprint density at radius 1 is 0.941 bits per heavy atom. The molecule has 0 bridgehead atoms. The molecule has 182 valence electrons. The van der Waals surface area contributed by atoms with Crippen molar-refractivity contribution >= 4 is 21.5 Å². The molecule has 1 saturated heterocycles. The smallest absolute Gasteiger partial charge is 0.243 e. The number of nitrogens with zero attached hydrogens (tertiary/aromatic N) is 2. The summed E-state index contributed by atoms with van der Waals surface area (Å²) in [5.74, 6) is 0.224. The van der Waals surface area contributed by atoms with Gasteiger partial charge in [-0.1, -0.05) is 24.3 Å². The molecule has 0 saturated carbocycles. The number of amides is 1. The average molecular weight is 483 g/mol. The number of piperidine rings is 1. The van der Waals surface area contributed by atoms with Gasteiger partial charge in [-0.2, -0.15) is 4.31 Å². The third-order valence-electron chi connectivity index (χ3n) is 7.46. The van der Waals surface area contributed by atoms with E-state index in [1.807, 2.05) is 50.8 Å². The van der Waals surface area contributed by atoms with Gasteiger partial charge in [0.2, 0.25) is 15.9 Å². The molecular formula is C27H34N2O4S. The summed E-state index contributed by atoms with van der Waals surface area (Å²) in [4.78, 5) is 15.5. The van der Waals surface area contributed by atoms with Gasteiger partial charge in [-0.25, -0.2) is 8.42 Å². The lowest BCUT2D eigenvalue weighted by Gasteiger charge is -2.35. The van der Waals surface area contributed by atoms with Crippen molar-refractivity contribution in [2.45, 2.75) is 51.9 Å². The van der Waals surface area contributed by atoms with E-state index in [1.165, 1.54) is 5.57 Å². The van der Waals surface area contributed by atoms with Gasteiger partial charge in [-0.3, -0.25) is 4.79 Å². The molecule has 6 nitrogen and oxygen atoms in total. The van der Waals surface area contributed by atoms with Crippen LogP contribution in [-0.2, 0) is 14.8 Å². The lowest BCUT2D eigenvalue weighted by molar-refractivity contribution is -0.136. The van der Waals surface area contributed by atoms with Crippen molar-refractivity contribution in [2.75, 3.05) is 26.2 Å². The Labute approximate surface area is 202 Å². The van der Waals surface area contributed by atoms with E-state index in [9.17, 15) is 18.3 Å². The van der Waals surface area contributed by atoms with E-state index < -0.39 is 10.0 Å². The summed E-state index contributed by atoms with van der Waals surface area (Å²) in [6.07, 6.45) is 3.95. The second-order valence-corrected chi connectivity index (χ2v) is 11.5. The largest absolute Gasteiger partial charge is 0.508 e.